The van der Waals surface area contributed by atoms with E-state index in [0.29, 0.717) is 18.1 Å². The van der Waals surface area contributed by atoms with E-state index in [1.165, 1.54) is 24.0 Å². The Morgan fingerprint density at radius 3 is 2.30 bits per heavy atom. The quantitative estimate of drug-likeness (QED) is 0.685. The lowest BCUT2D eigenvalue weighted by Crippen LogP contribution is -2.52. The van der Waals surface area contributed by atoms with Gasteiger partial charge in [0.25, 0.3) is 0 Å². The van der Waals surface area contributed by atoms with Gasteiger partial charge in [0.05, 0.1) is 12.7 Å². The molecule has 0 heterocycles. The average molecular weight is 376 g/mol. The fraction of sp³-hybridized carbons (Fsp3) is 0.636. The first kappa shape index (κ1) is 21.4. The second kappa shape index (κ2) is 8.42. The Labute approximate surface area is 162 Å². The van der Waals surface area contributed by atoms with Gasteiger partial charge in [-0.15, -0.1) is 0 Å². The van der Waals surface area contributed by atoms with Crippen LogP contribution in [0.15, 0.2) is 24.3 Å². The third kappa shape index (κ3) is 6.65. The maximum atomic E-state index is 12.0. The van der Waals surface area contributed by atoms with E-state index < -0.39 is 17.2 Å². The highest BCUT2D eigenvalue weighted by atomic mass is 16.6. The normalized spacial score (nSPS) is 18.9. The summed E-state index contributed by atoms with van der Waals surface area (Å²) in [5.74, 6) is 0.909. The molecule has 1 aliphatic carbocycles. The van der Waals surface area contributed by atoms with Crippen LogP contribution in [0.5, 0.6) is 0 Å². The van der Waals surface area contributed by atoms with E-state index in [9.17, 15) is 9.59 Å². The summed E-state index contributed by atoms with van der Waals surface area (Å²) >= 11 is 0. The van der Waals surface area contributed by atoms with E-state index in [-0.39, 0.29) is 12.7 Å². The van der Waals surface area contributed by atoms with Crippen molar-refractivity contribution in [1.29, 1.82) is 0 Å². The summed E-state index contributed by atoms with van der Waals surface area (Å²) in [5, 5.41) is 2.63. The maximum Gasteiger partial charge on any atom is 0.408 e. The predicted octanol–water partition coefficient (Wildman–Crippen LogP) is 4.38. The summed E-state index contributed by atoms with van der Waals surface area (Å²) in [7, 11) is 0. The molecule has 1 fully saturated rings. The molecular formula is C22H33NO4. The van der Waals surface area contributed by atoms with Gasteiger partial charge in [-0.25, -0.2) is 4.79 Å². The molecule has 1 aromatic carbocycles. The number of alkyl carbamates (subject to hydrolysis) is 1. The highest BCUT2D eigenvalue weighted by molar-refractivity contribution is 5.76. The number of hydrogen-bond acceptors (Lipinski definition) is 4. The number of aryl methyl sites for hydroxylation is 1. The molecule has 150 valence electrons. The van der Waals surface area contributed by atoms with E-state index in [1.54, 1.807) is 27.7 Å². The minimum absolute atomic E-state index is 0.0556. The van der Waals surface area contributed by atoms with E-state index in [1.807, 2.05) is 6.92 Å². The number of ether oxygens (including phenoxy) is 2. The van der Waals surface area contributed by atoms with Crippen LogP contribution in [0.4, 0.5) is 4.79 Å². The fourth-order valence-corrected chi connectivity index (χ4v) is 3.22. The van der Waals surface area contributed by atoms with Crippen molar-refractivity contribution >= 4 is 12.4 Å². The Morgan fingerprint density at radius 1 is 1.22 bits per heavy atom. The van der Waals surface area contributed by atoms with Crippen LogP contribution in [-0.4, -0.2) is 36.2 Å². The van der Waals surface area contributed by atoms with Crippen LogP contribution >= 0.6 is 0 Å². The molecule has 0 aromatic heterocycles. The second-order valence-corrected chi connectivity index (χ2v) is 8.95. The molecule has 0 bridgehead atoms. The summed E-state index contributed by atoms with van der Waals surface area (Å²) in [4.78, 5) is 23.6. The summed E-state index contributed by atoms with van der Waals surface area (Å²) < 4.78 is 11.3. The van der Waals surface area contributed by atoms with Gasteiger partial charge in [-0.1, -0.05) is 29.8 Å². The lowest BCUT2D eigenvalue weighted by molar-refractivity contribution is -0.116. The standard InChI is InChI=1S/C22H33NO4/c1-15-7-9-17(10-8-15)19(18-11-12-18)16(2)26-14-22(6,13-24)23-20(25)27-21(3,4)5/h7-10,13,16,18-19H,11-12,14H2,1-6H3,(H,23,25)/t16-,19+,22-/m0/s1. The van der Waals surface area contributed by atoms with Gasteiger partial charge in [-0.05, 0) is 65.9 Å². The van der Waals surface area contributed by atoms with Crippen LogP contribution in [0.2, 0.25) is 0 Å². The maximum absolute atomic E-state index is 12.0. The molecule has 5 heteroatoms. The van der Waals surface area contributed by atoms with Crippen LogP contribution in [0.1, 0.15) is 64.5 Å². The van der Waals surface area contributed by atoms with E-state index in [0.717, 1.165) is 0 Å². The van der Waals surface area contributed by atoms with Gasteiger partial charge in [-0.3, -0.25) is 0 Å². The van der Waals surface area contributed by atoms with Crippen LogP contribution in [0, 0.1) is 12.8 Å². The largest absolute Gasteiger partial charge is 0.444 e. The second-order valence-electron chi connectivity index (χ2n) is 8.95. The fourth-order valence-electron chi connectivity index (χ4n) is 3.22. The molecule has 5 nitrogen and oxygen atoms in total. The van der Waals surface area contributed by atoms with Crippen molar-refractivity contribution in [2.45, 2.75) is 77.5 Å². The van der Waals surface area contributed by atoms with Crippen molar-refractivity contribution in [1.82, 2.24) is 5.32 Å². The molecule has 0 spiro atoms. The van der Waals surface area contributed by atoms with Gasteiger partial charge in [0.15, 0.2) is 0 Å². The molecule has 1 saturated carbocycles. The van der Waals surface area contributed by atoms with Gasteiger partial charge in [0.1, 0.15) is 17.4 Å². The summed E-state index contributed by atoms with van der Waals surface area (Å²) in [6.07, 6.45) is 2.44. The number of hydrogen-bond donors (Lipinski definition) is 1. The zero-order chi connectivity index (χ0) is 20.2. The van der Waals surface area contributed by atoms with Gasteiger partial charge in [-0.2, -0.15) is 0 Å². The van der Waals surface area contributed by atoms with Crippen LogP contribution in [-0.2, 0) is 14.3 Å². The highest BCUT2D eigenvalue weighted by Gasteiger charge is 2.38. The van der Waals surface area contributed by atoms with Crippen LogP contribution < -0.4 is 5.32 Å². The predicted molar refractivity (Wildman–Crippen MR) is 106 cm³/mol. The number of aldehydes is 1. The van der Waals surface area contributed by atoms with Crippen molar-refractivity contribution < 1.29 is 19.1 Å². The van der Waals surface area contributed by atoms with Crippen LogP contribution in [0.25, 0.3) is 0 Å². The van der Waals surface area contributed by atoms with Gasteiger partial charge in [0, 0.05) is 5.92 Å². The Kier molecular flexibility index (Phi) is 6.68. The number of benzene rings is 1. The monoisotopic (exact) mass is 375 g/mol. The van der Waals surface area contributed by atoms with Crippen molar-refractivity contribution in [3.8, 4) is 0 Å². The smallest absolute Gasteiger partial charge is 0.408 e. The topological polar surface area (TPSA) is 64.6 Å². The Morgan fingerprint density at radius 2 is 1.81 bits per heavy atom. The summed E-state index contributed by atoms with van der Waals surface area (Å²) in [6, 6.07) is 8.57. The number of rotatable bonds is 8. The number of nitrogens with one attached hydrogen (secondary N) is 1. The van der Waals surface area contributed by atoms with Gasteiger partial charge in [0.2, 0.25) is 0 Å². The third-order valence-corrected chi connectivity index (χ3v) is 4.79. The Balaban J connectivity index is 1.99. The molecule has 1 amide bonds. The molecule has 27 heavy (non-hydrogen) atoms. The third-order valence-electron chi connectivity index (χ3n) is 4.79. The minimum atomic E-state index is -1.13. The zero-order valence-corrected chi connectivity index (χ0v) is 17.4. The molecule has 2 rings (SSSR count). The molecule has 1 aromatic rings. The van der Waals surface area contributed by atoms with Crippen molar-refractivity contribution in [2.75, 3.05) is 6.61 Å². The lowest BCUT2D eigenvalue weighted by atomic mass is 9.89. The molecule has 0 radical (unpaired) electrons. The van der Waals surface area contributed by atoms with Crippen molar-refractivity contribution in [3.05, 3.63) is 35.4 Å². The summed E-state index contributed by atoms with van der Waals surface area (Å²) in [6.45, 7) is 11.2. The van der Waals surface area contributed by atoms with E-state index >= 15 is 0 Å². The first-order chi connectivity index (χ1) is 12.5. The first-order valence-electron chi connectivity index (χ1n) is 9.69. The average Bonchev–Trinajstić information content (AvgIpc) is 3.38. The number of carbonyl (C=O) groups is 2. The Bertz CT molecular complexity index is 645. The lowest BCUT2D eigenvalue weighted by Gasteiger charge is -2.31. The molecule has 0 unspecified atom stereocenters. The van der Waals surface area contributed by atoms with Crippen molar-refractivity contribution in [2.24, 2.45) is 5.92 Å². The van der Waals surface area contributed by atoms with E-state index in [2.05, 4.69) is 36.5 Å². The molecule has 0 aliphatic heterocycles. The van der Waals surface area contributed by atoms with E-state index in [4.69, 9.17) is 9.47 Å². The Hall–Kier alpha value is -1.88. The number of carbonyl (C=O) groups excluding carboxylic acids is 2. The van der Waals surface area contributed by atoms with Gasteiger partial charge < -0.3 is 19.6 Å². The van der Waals surface area contributed by atoms with Gasteiger partial charge >= 0.3 is 6.09 Å². The summed E-state index contributed by atoms with van der Waals surface area (Å²) in [5.41, 5.74) is 0.753. The van der Waals surface area contributed by atoms with Crippen molar-refractivity contribution in [3.63, 3.8) is 0 Å². The highest BCUT2D eigenvalue weighted by Crippen LogP contribution is 2.45. The molecule has 1 aliphatic rings. The van der Waals surface area contributed by atoms with Crippen LogP contribution in [0.3, 0.4) is 0 Å². The molecule has 3 atom stereocenters. The SMILES string of the molecule is Cc1ccc([C@H](C2CC2)[C@H](C)OC[C@](C)(C=O)NC(=O)OC(C)(C)C)cc1. The zero-order valence-electron chi connectivity index (χ0n) is 17.4. The first-order valence-corrected chi connectivity index (χ1v) is 9.69. The molecule has 0 saturated heterocycles. The number of amides is 1. The molecular weight excluding hydrogens is 342 g/mol. The molecule has 1 N–H and O–H groups in total. The minimum Gasteiger partial charge on any atom is -0.444 e.